The summed E-state index contributed by atoms with van der Waals surface area (Å²) in [6.07, 6.45) is 1.94. The minimum absolute atomic E-state index is 0.0250. The second-order valence-electron chi connectivity index (χ2n) is 7.80. The third-order valence-electron chi connectivity index (χ3n) is 5.98. The first kappa shape index (κ1) is 19.2. The molecule has 2 atom stereocenters. The zero-order valence-corrected chi connectivity index (χ0v) is 17.0. The van der Waals surface area contributed by atoms with Crippen molar-refractivity contribution < 1.29 is 9.53 Å². The number of hydrogen-bond acceptors (Lipinski definition) is 4. The molecule has 4 rings (SSSR count). The summed E-state index contributed by atoms with van der Waals surface area (Å²) in [6.45, 7) is 8.94. The van der Waals surface area contributed by atoms with Gasteiger partial charge in [-0.15, -0.1) is 0 Å². The van der Waals surface area contributed by atoms with Crippen molar-refractivity contribution in [3.05, 3.63) is 52.8 Å². The molecule has 1 saturated carbocycles. The summed E-state index contributed by atoms with van der Waals surface area (Å²) >= 11 is 0. The summed E-state index contributed by atoms with van der Waals surface area (Å²) in [6, 6.07) is 10.9. The van der Waals surface area contributed by atoms with Crippen LogP contribution in [0.3, 0.4) is 0 Å². The van der Waals surface area contributed by atoms with Gasteiger partial charge in [0.2, 0.25) is 0 Å². The van der Waals surface area contributed by atoms with Gasteiger partial charge in [0, 0.05) is 36.9 Å². The van der Waals surface area contributed by atoms with Crippen LogP contribution in [-0.2, 0) is 22.6 Å². The average molecular weight is 383 g/mol. The lowest BCUT2D eigenvalue weighted by atomic mass is 9.97. The Balaban J connectivity index is 1.52. The molecule has 6 nitrogen and oxygen atoms in total. The lowest BCUT2D eigenvalue weighted by Gasteiger charge is -2.41. The van der Waals surface area contributed by atoms with Crippen molar-refractivity contribution in [2.45, 2.75) is 64.9 Å². The molecular weight excluding hydrogens is 352 g/mol. The van der Waals surface area contributed by atoms with Crippen LogP contribution in [0.2, 0.25) is 0 Å². The number of nitrogens with zero attached hydrogens (tertiary/aromatic N) is 3. The van der Waals surface area contributed by atoms with Gasteiger partial charge in [0.05, 0.1) is 18.3 Å². The summed E-state index contributed by atoms with van der Waals surface area (Å²) in [7, 11) is 0. The van der Waals surface area contributed by atoms with E-state index in [4.69, 9.17) is 4.74 Å². The van der Waals surface area contributed by atoms with Gasteiger partial charge < -0.3 is 10.1 Å². The quantitative estimate of drug-likeness (QED) is 0.835. The Labute approximate surface area is 166 Å². The summed E-state index contributed by atoms with van der Waals surface area (Å²) in [5.41, 5.74) is 4.34. The highest BCUT2D eigenvalue weighted by atomic mass is 16.5. The number of benzene rings is 1. The fourth-order valence-electron chi connectivity index (χ4n) is 4.31. The zero-order chi connectivity index (χ0) is 19.7. The molecule has 1 amide bonds. The van der Waals surface area contributed by atoms with Crippen molar-refractivity contribution in [2.24, 2.45) is 0 Å². The van der Waals surface area contributed by atoms with E-state index in [1.54, 1.807) is 0 Å². The molecule has 2 fully saturated rings. The van der Waals surface area contributed by atoms with Gasteiger partial charge in [0.25, 0.3) is 5.91 Å². The predicted molar refractivity (Wildman–Crippen MR) is 108 cm³/mol. The number of hydrogen-bond donors (Lipinski definition) is 1. The van der Waals surface area contributed by atoms with Crippen molar-refractivity contribution >= 4 is 5.91 Å². The SMILES string of the molecule is CCn1nc(C)c(CNC(=O)[C@@H]2OCCN(C3CC3)[C@H]2c2ccccc2)c1C. The average Bonchev–Trinajstić information content (AvgIpc) is 3.53. The highest BCUT2D eigenvalue weighted by Gasteiger charge is 2.44. The predicted octanol–water partition coefficient (Wildman–Crippen LogP) is 2.74. The Morgan fingerprint density at radius 2 is 2.00 bits per heavy atom. The number of aryl methyl sites for hydroxylation is 2. The van der Waals surface area contributed by atoms with Gasteiger partial charge >= 0.3 is 0 Å². The van der Waals surface area contributed by atoms with Crippen molar-refractivity contribution in [1.82, 2.24) is 20.0 Å². The maximum absolute atomic E-state index is 13.2. The van der Waals surface area contributed by atoms with E-state index in [0.29, 0.717) is 19.2 Å². The van der Waals surface area contributed by atoms with Crippen LogP contribution in [0.5, 0.6) is 0 Å². The molecule has 2 aromatic rings. The van der Waals surface area contributed by atoms with Crippen LogP contribution in [0.25, 0.3) is 0 Å². The van der Waals surface area contributed by atoms with Gasteiger partial charge in [0.1, 0.15) is 0 Å². The molecule has 0 radical (unpaired) electrons. The second kappa shape index (κ2) is 8.05. The minimum Gasteiger partial charge on any atom is -0.365 e. The second-order valence-corrected chi connectivity index (χ2v) is 7.80. The molecule has 6 heteroatoms. The van der Waals surface area contributed by atoms with E-state index < -0.39 is 6.10 Å². The van der Waals surface area contributed by atoms with E-state index in [2.05, 4.69) is 41.3 Å². The number of carbonyl (C=O) groups excluding carboxylic acids is 1. The fourth-order valence-corrected chi connectivity index (χ4v) is 4.31. The van der Waals surface area contributed by atoms with Crippen LogP contribution in [0.1, 0.15) is 48.3 Å². The molecule has 0 spiro atoms. The number of carbonyl (C=O) groups is 1. The lowest BCUT2D eigenvalue weighted by molar-refractivity contribution is -0.146. The van der Waals surface area contributed by atoms with Crippen molar-refractivity contribution in [1.29, 1.82) is 0 Å². The molecule has 0 unspecified atom stereocenters. The van der Waals surface area contributed by atoms with Crippen molar-refractivity contribution in [2.75, 3.05) is 13.2 Å². The standard InChI is InChI=1S/C22H30N4O2/c1-4-26-16(3)19(15(2)24-26)14-23-22(27)21-20(17-8-6-5-7-9-17)25(12-13-28-21)18-10-11-18/h5-9,18,20-21H,4,10-14H2,1-3H3,(H,23,27)/t20-,21+/m0/s1. The molecule has 1 aliphatic heterocycles. The summed E-state index contributed by atoms with van der Waals surface area (Å²) < 4.78 is 8.00. The first-order valence-electron chi connectivity index (χ1n) is 10.3. The Hall–Kier alpha value is -2.18. The minimum atomic E-state index is -0.487. The maximum Gasteiger partial charge on any atom is 0.251 e. The molecule has 150 valence electrons. The zero-order valence-electron chi connectivity index (χ0n) is 17.0. The molecular formula is C22H30N4O2. The van der Waals surface area contributed by atoms with Crippen LogP contribution in [0.4, 0.5) is 0 Å². The molecule has 1 aromatic carbocycles. The molecule has 1 N–H and O–H groups in total. The van der Waals surface area contributed by atoms with Gasteiger partial charge in [-0.1, -0.05) is 30.3 Å². The molecule has 2 heterocycles. The monoisotopic (exact) mass is 382 g/mol. The third-order valence-corrected chi connectivity index (χ3v) is 5.98. The van der Waals surface area contributed by atoms with E-state index in [-0.39, 0.29) is 11.9 Å². The summed E-state index contributed by atoms with van der Waals surface area (Å²) in [5.74, 6) is -0.0396. The molecule has 1 saturated heterocycles. The maximum atomic E-state index is 13.2. The Morgan fingerprint density at radius 1 is 1.25 bits per heavy atom. The molecule has 2 aliphatic rings. The largest absolute Gasteiger partial charge is 0.365 e. The number of nitrogens with one attached hydrogen (secondary N) is 1. The molecule has 1 aromatic heterocycles. The van der Waals surface area contributed by atoms with Crippen LogP contribution in [0, 0.1) is 13.8 Å². The highest BCUT2D eigenvalue weighted by Crippen LogP contribution is 2.38. The van der Waals surface area contributed by atoms with E-state index in [1.807, 2.05) is 29.8 Å². The summed E-state index contributed by atoms with van der Waals surface area (Å²) in [5, 5.41) is 7.67. The first-order valence-corrected chi connectivity index (χ1v) is 10.3. The normalized spacial score (nSPS) is 23.0. The van der Waals surface area contributed by atoms with E-state index in [1.165, 1.54) is 12.8 Å². The number of amides is 1. The van der Waals surface area contributed by atoms with Gasteiger partial charge in [-0.2, -0.15) is 5.10 Å². The third kappa shape index (κ3) is 3.71. The van der Waals surface area contributed by atoms with Gasteiger partial charge in [-0.25, -0.2) is 0 Å². The smallest absolute Gasteiger partial charge is 0.251 e. The Kier molecular flexibility index (Phi) is 5.51. The van der Waals surface area contributed by atoms with Crippen LogP contribution in [0.15, 0.2) is 30.3 Å². The van der Waals surface area contributed by atoms with E-state index in [0.717, 1.165) is 35.6 Å². The van der Waals surface area contributed by atoms with Crippen molar-refractivity contribution in [3.8, 4) is 0 Å². The molecule has 1 aliphatic carbocycles. The molecule has 0 bridgehead atoms. The topological polar surface area (TPSA) is 59.4 Å². The van der Waals surface area contributed by atoms with Crippen LogP contribution < -0.4 is 5.32 Å². The number of morpholine rings is 1. The van der Waals surface area contributed by atoms with Crippen molar-refractivity contribution in [3.63, 3.8) is 0 Å². The lowest BCUT2D eigenvalue weighted by Crippen LogP contribution is -2.52. The van der Waals surface area contributed by atoms with Crippen LogP contribution in [-0.4, -0.2) is 45.9 Å². The number of rotatable bonds is 6. The highest BCUT2D eigenvalue weighted by molar-refractivity contribution is 5.82. The fraction of sp³-hybridized carbons (Fsp3) is 0.545. The Bertz CT molecular complexity index is 829. The van der Waals surface area contributed by atoms with Gasteiger partial charge in [-0.05, 0) is 39.2 Å². The Morgan fingerprint density at radius 3 is 2.64 bits per heavy atom. The van der Waals surface area contributed by atoms with E-state index >= 15 is 0 Å². The number of aromatic nitrogens is 2. The van der Waals surface area contributed by atoms with Gasteiger partial charge in [0.15, 0.2) is 6.10 Å². The van der Waals surface area contributed by atoms with E-state index in [9.17, 15) is 4.79 Å². The van der Waals surface area contributed by atoms with Gasteiger partial charge in [-0.3, -0.25) is 14.4 Å². The van der Waals surface area contributed by atoms with Crippen LogP contribution >= 0.6 is 0 Å². The first-order chi connectivity index (χ1) is 13.6. The number of ether oxygens (including phenoxy) is 1. The molecule has 28 heavy (non-hydrogen) atoms. The summed E-state index contributed by atoms with van der Waals surface area (Å²) in [4.78, 5) is 15.6.